The minimum atomic E-state index is -0.394. The first-order chi connectivity index (χ1) is 16.8. The average molecular weight is 508 g/mol. The number of hydrogen-bond donors (Lipinski definition) is 3. The average Bonchev–Trinajstić information content (AvgIpc) is 2.84. The number of ketones is 1. The Bertz CT molecular complexity index is 1210. The molecule has 3 rings (SSSR count). The van der Waals surface area contributed by atoms with Crippen molar-refractivity contribution in [1.29, 1.82) is 0 Å². The van der Waals surface area contributed by atoms with Crippen LogP contribution in [0.25, 0.3) is 0 Å². The summed E-state index contributed by atoms with van der Waals surface area (Å²) in [5.41, 5.74) is 3.22. The predicted molar refractivity (Wildman–Crippen MR) is 144 cm³/mol. The lowest BCUT2D eigenvalue weighted by atomic mass is 10.1. The van der Waals surface area contributed by atoms with Crippen molar-refractivity contribution in [1.82, 2.24) is 0 Å². The van der Waals surface area contributed by atoms with Gasteiger partial charge < -0.3 is 20.7 Å². The molecule has 3 aromatic carbocycles. The number of carbonyl (C=O) groups is 3. The zero-order valence-corrected chi connectivity index (χ0v) is 20.9. The minimum Gasteiger partial charge on any atom is -0.462 e. The van der Waals surface area contributed by atoms with E-state index in [1.807, 2.05) is 24.3 Å². The van der Waals surface area contributed by atoms with Gasteiger partial charge in [0.05, 0.1) is 17.9 Å². The first kappa shape index (κ1) is 25.9. The molecule has 3 N–H and O–H groups in total. The molecule has 0 radical (unpaired) electrons. The van der Waals surface area contributed by atoms with Gasteiger partial charge in [-0.2, -0.15) is 0 Å². The maximum Gasteiger partial charge on any atom is 0.338 e. The summed E-state index contributed by atoms with van der Waals surface area (Å²) in [4.78, 5) is 36.4. The maximum absolute atomic E-state index is 12.3. The van der Waals surface area contributed by atoms with Crippen molar-refractivity contribution in [3.63, 3.8) is 0 Å². The minimum absolute atomic E-state index is 0.00662. The number of thiocarbonyl (C=S) groups is 1. The van der Waals surface area contributed by atoms with Crippen molar-refractivity contribution in [3.8, 4) is 0 Å². The molecule has 0 atom stereocenters. The molecule has 0 unspecified atom stereocenters. The van der Waals surface area contributed by atoms with Gasteiger partial charge in [-0.25, -0.2) is 4.79 Å². The molecule has 0 aliphatic heterocycles. The Morgan fingerprint density at radius 3 is 2.06 bits per heavy atom. The normalized spacial score (nSPS) is 10.2. The van der Waals surface area contributed by atoms with Crippen LogP contribution in [0.3, 0.4) is 0 Å². The van der Waals surface area contributed by atoms with Gasteiger partial charge >= 0.3 is 5.97 Å². The molecule has 0 spiro atoms. The number of carbonyl (C=O) groups excluding carboxylic acids is 3. The number of anilines is 3. The van der Waals surface area contributed by atoms with Gasteiger partial charge in [0.25, 0.3) is 0 Å². The second-order valence-electron chi connectivity index (χ2n) is 7.38. The summed E-state index contributed by atoms with van der Waals surface area (Å²) in [6.07, 6.45) is 0. The molecule has 9 heteroatoms. The number of benzene rings is 3. The Balaban J connectivity index is 1.48. The van der Waals surface area contributed by atoms with Crippen LogP contribution in [0, 0.1) is 0 Å². The molecule has 180 valence electrons. The van der Waals surface area contributed by atoms with Gasteiger partial charge in [-0.05, 0) is 92.8 Å². The van der Waals surface area contributed by atoms with Crippen molar-refractivity contribution < 1.29 is 19.1 Å². The number of amides is 1. The van der Waals surface area contributed by atoms with Gasteiger partial charge in [0.15, 0.2) is 10.9 Å². The number of ether oxygens (including phenoxy) is 1. The largest absolute Gasteiger partial charge is 0.462 e. The van der Waals surface area contributed by atoms with Crippen LogP contribution in [-0.2, 0) is 9.53 Å². The van der Waals surface area contributed by atoms with E-state index in [0.29, 0.717) is 28.5 Å². The van der Waals surface area contributed by atoms with Crippen LogP contribution in [0.4, 0.5) is 17.1 Å². The van der Waals surface area contributed by atoms with E-state index in [9.17, 15) is 14.4 Å². The molecule has 1 amide bonds. The fourth-order valence-corrected chi connectivity index (χ4v) is 3.99. The SMILES string of the molecule is CCOC(=O)c1ccc(NC(=O)CSc2cccc(NC(=S)Nc3ccc(C(C)=O)cc3)c2)cc1. The zero-order valence-electron chi connectivity index (χ0n) is 19.3. The predicted octanol–water partition coefficient (Wildman–Crippen LogP) is 5.61. The van der Waals surface area contributed by atoms with Gasteiger partial charge in [0, 0.05) is 27.5 Å². The highest BCUT2D eigenvalue weighted by atomic mass is 32.2. The smallest absolute Gasteiger partial charge is 0.338 e. The lowest BCUT2D eigenvalue weighted by Gasteiger charge is -2.12. The second kappa shape index (κ2) is 12.7. The third kappa shape index (κ3) is 8.24. The standard InChI is InChI=1S/C26H25N3O4S2/c1-3-33-25(32)19-9-13-20(14-10-19)27-24(31)16-35-23-6-4-5-22(15-23)29-26(34)28-21-11-7-18(8-12-21)17(2)30/h4-15H,3,16H2,1-2H3,(H,27,31)(H2,28,29,34). The third-order valence-electron chi connectivity index (χ3n) is 4.69. The van der Waals surface area contributed by atoms with E-state index in [1.165, 1.54) is 18.7 Å². The molecular formula is C26H25N3O4S2. The first-order valence-corrected chi connectivity index (χ1v) is 12.2. The number of hydrogen-bond acceptors (Lipinski definition) is 6. The van der Waals surface area contributed by atoms with Crippen LogP contribution in [0.2, 0.25) is 0 Å². The summed E-state index contributed by atoms with van der Waals surface area (Å²) < 4.78 is 4.95. The highest BCUT2D eigenvalue weighted by molar-refractivity contribution is 8.00. The van der Waals surface area contributed by atoms with E-state index in [0.717, 1.165) is 16.3 Å². The van der Waals surface area contributed by atoms with Crippen LogP contribution in [0.1, 0.15) is 34.6 Å². The van der Waals surface area contributed by atoms with Crippen LogP contribution in [0.15, 0.2) is 77.7 Å². The number of rotatable bonds is 9. The van der Waals surface area contributed by atoms with Gasteiger partial charge in [-0.1, -0.05) is 6.07 Å². The fourth-order valence-electron chi connectivity index (χ4n) is 3.00. The molecule has 0 saturated carbocycles. The fraction of sp³-hybridized carbons (Fsp3) is 0.154. The monoisotopic (exact) mass is 507 g/mol. The van der Waals surface area contributed by atoms with E-state index >= 15 is 0 Å². The van der Waals surface area contributed by atoms with Crippen LogP contribution >= 0.6 is 24.0 Å². The molecule has 0 bridgehead atoms. The number of thioether (sulfide) groups is 1. The third-order valence-corrected chi connectivity index (χ3v) is 5.89. The Kier molecular flexibility index (Phi) is 9.39. The lowest BCUT2D eigenvalue weighted by Crippen LogP contribution is -2.19. The molecule has 3 aromatic rings. The highest BCUT2D eigenvalue weighted by Gasteiger charge is 2.08. The summed E-state index contributed by atoms with van der Waals surface area (Å²) in [5, 5.41) is 9.43. The molecule has 0 aromatic heterocycles. The van der Waals surface area contributed by atoms with Crippen LogP contribution < -0.4 is 16.0 Å². The van der Waals surface area contributed by atoms with Crippen molar-refractivity contribution >= 4 is 63.8 Å². The Hall–Kier alpha value is -3.69. The second-order valence-corrected chi connectivity index (χ2v) is 8.83. The Morgan fingerprint density at radius 2 is 1.43 bits per heavy atom. The van der Waals surface area contributed by atoms with Gasteiger partial charge in [0.2, 0.25) is 5.91 Å². The van der Waals surface area contributed by atoms with Crippen LogP contribution in [-0.4, -0.2) is 35.1 Å². The van der Waals surface area contributed by atoms with Crippen molar-refractivity contribution in [2.75, 3.05) is 28.3 Å². The summed E-state index contributed by atoms with van der Waals surface area (Å²) in [7, 11) is 0. The summed E-state index contributed by atoms with van der Waals surface area (Å²) in [6, 6.07) is 21.2. The zero-order chi connectivity index (χ0) is 25.2. The molecule has 7 nitrogen and oxygen atoms in total. The lowest BCUT2D eigenvalue weighted by molar-refractivity contribution is -0.113. The van der Waals surface area contributed by atoms with Crippen LogP contribution in [0.5, 0.6) is 0 Å². The molecule has 0 fully saturated rings. The number of nitrogens with one attached hydrogen (secondary N) is 3. The van der Waals surface area contributed by atoms with E-state index < -0.39 is 5.97 Å². The quantitative estimate of drug-likeness (QED) is 0.149. The number of Topliss-reactive ketones (excluding diaryl/α,β-unsaturated/α-hetero) is 1. The van der Waals surface area contributed by atoms with Gasteiger partial charge in [-0.3, -0.25) is 9.59 Å². The summed E-state index contributed by atoms with van der Waals surface area (Å²) >= 11 is 6.77. The molecule has 0 saturated heterocycles. The maximum atomic E-state index is 12.3. The molecular weight excluding hydrogens is 482 g/mol. The van der Waals surface area contributed by atoms with Crippen molar-refractivity contribution in [2.24, 2.45) is 0 Å². The molecule has 0 aliphatic rings. The highest BCUT2D eigenvalue weighted by Crippen LogP contribution is 2.22. The molecule has 0 heterocycles. The summed E-state index contributed by atoms with van der Waals surface area (Å²) in [5.74, 6) is -0.334. The first-order valence-electron chi connectivity index (χ1n) is 10.8. The van der Waals surface area contributed by atoms with Gasteiger partial charge in [-0.15, -0.1) is 11.8 Å². The Morgan fingerprint density at radius 1 is 0.829 bits per heavy atom. The van der Waals surface area contributed by atoms with Gasteiger partial charge in [0.1, 0.15) is 0 Å². The topological polar surface area (TPSA) is 96.5 Å². The Labute approximate surface area is 213 Å². The van der Waals surface area contributed by atoms with Crippen molar-refractivity contribution in [3.05, 3.63) is 83.9 Å². The molecule has 0 aliphatic carbocycles. The number of esters is 1. The molecule has 35 heavy (non-hydrogen) atoms. The van der Waals surface area contributed by atoms with E-state index in [4.69, 9.17) is 17.0 Å². The van der Waals surface area contributed by atoms with Crippen molar-refractivity contribution in [2.45, 2.75) is 18.7 Å². The van der Waals surface area contributed by atoms with E-state index in [1.54, 1.807) is 55.5 Å². The van der Waals surface area contributed by atoms with E-state index in [2.05, 4.69) is 16.0 Å². The van der Waals surface area contributed by atoms with E-state index in [-0.39, 0.29) is 17.4 Å². The summed E-state index contributed by atoms with van der Waals surface area (Å²) in [6.45, 7) is 3.58.